The number of fused-ring (bicyclic) bond motifs is 1. The minimum Gasteiger partial charge on any atom is -0.393 e. The van der Waals surface area contributed by atoms with Crippen LogP contribution in [0.25, 0.3) is 11.2 Å². The summed E-state index contributed by atoms with van der Waals surface area (Å²) >= 11 is 1.41. The summed E-state index contributed by atoms with van der Waals surface area (Å²) in [4.78, 5) is 31.0. The van der Waals surface area contributed by atoms with Crippen LogP contribution in [0.4, 0.5) is 0 Å². The Morgan fingerprint density at radius 2 is 1.81 bits per heavy atom. The number of nitrogens with one attached hydrogen (secondary N) is 1. The third-order valence-corrected chi connectivity index (χ3v) is 5.63. The lowest BCUT2D eigenvalue weighted by Gasteiger charge is -2.09. The van der Waals surface area contributed by atoms with E-state index in [0.717, 1.165) is 12.8 Å². The van der Waals surface area contributed by atoms with E-state index < -0.39 is 17.4 Å². The Balaban J connectivity index is 2.18. The molecule has 2 N–H and O–H groups in total. The number of imidazole rings is 1. The van der Waals surface area contributed by atoms with Crippen LogP contribution in [0.3, 0.4) is 0 Å². The fourth-order valence-corrected chi connectivity index (χ4v) is 3.83. The lowest BCUT2D eigenvalue weighted by Crippen LogP contribution is -2.29. The fraction of sp³-hybridized carbons (Fsp3) is 0.722. The average Bonchev–Trinajstić information content (AvgIpc) is 2.96. The van der Waals surface area contributed by atoms with Gasteiger partial charge in [0.1, 0.15) is 0 Å². The van der Waals surface area contributed by atoms with Gasteiger partial charge >= 0.3 is 5.69 Å². The van der Waals surface area contributed by atoms with E-state index in [1.54, 1.807) is 14.0 Å². The Morgan fingerprint density at radius 1 is 1.15 bits per heavy atom. The molecule has 8 heteroatoms. The molecular weight excluding hydrogens is 352 g/mol. The maximum atomic E-state index is 12.3. The van der Waals surface area contributed by atoms with Crippen LogP contribution in [0.2, 0.25) is 0 Å². The first-order valence-corrected chi connectivity index (χ1v) is 10.4. The lowest BCUT2D eigenvalue weighted by atomic mass is 10.1. The monoisotopic (exact) mass is 382 g/mol. The normalized spacial score (nSPS) is 12.8. The molecule has 1 atom stereocenters. The summed E-state index contributed by atoms with van der Waals surface area (Å²) in [6.45, 7) is 4.62. The van der Waals surface area contributed by atoms with E-state index in [2.05, 4.69) is 16.9 Å². The zero-order valence-electron chi connectivity index (χ0n) is 16.0. The van der Waals surface area contributed by atoms with E-state index in [1.165, 1.54) is 48.4 Å². The highest BCUT2D eigenvalue weighted by molar-refractivity contribution is 7.99. The SMILES string of the molecule is CCCCCCCCCn1c(SC[C@H](C)O)nc2c1c(=O)[nH]c(=O)n2C. The van der Waals surface area contributed by atoms with Crippen LogP contribution in [-0.2, 0) is 13.6 Å². The Kier molecular flexibility index (Phi) is 7.96. The van der Waals surface area contributed by atoms with Crippen LogP contribution in [0, 0.1) is 0 Å². The zero-order chi connectivity index (χ0) is 19.1. The standard InChI is InChI=1S/C18H30N4O3S/c1-4-5-6-7-8-9-10-11-22-14-15(19-18(22)26-12-13(2)23)21(3)17(25)20-16(14)24/h13,23H,4-12H2,1-3H3,(H,20,24,25)/t13-/m0/s1. The van der Waals surface area contributed by atoms with Gasteiger partial charge in [0.05, 0.1) is 6.10 Å². The summed E-state index contributed by atoms with van der Waals surface area (Å²) in [5.41, 5.74) is -0.0291. The van der Waals surface area contributed by atoms with Crippen molar-refractivity contribution in [2.45, 2.75) is 76.6 Å². The Morgan fingerprint density at radius 3 is 2.46 bits per heavy atom. The highest BCUT2D eigenvalue weighted by Crippen LogP contribution is 2.23. The Bertz CT molecular complexity index is 822. The molecule has 26 heavy (non-hydrogen) atoms. The molecule has 0 amide bonds. The second-order valence-corrected chi connectivity index (χ2v) is 7.81. The van der Waals surface area contributed by atoms with E-state index in [0.29, 0.717) is 28.6 Å². The van der Waals surface area contributed by atoms with Gasteiger partial charge in [-0.3, -0.25) is 14.3 Å². The molecule has 0 radical (unpaired) electrons. The summed E-state index contributed by atoms with van der Waals surface area (Å²) < 4.78 is 3.26. The van der Waals surface area contributed by atoms with Gasteiger partial charge in [-0.1, -0.05) is 57.2 Å². The van der Waals surface area contributed by atoms with Crippen molar-refractivity contribution in [1.82, 2.24) is 19.1 Å². The van der Waals surface area contributed by atoms with Crippen LogP contribution in [-0.4, -0.2) is 36.1 Å². The van der Waals surface area contributed by atoms with Gasteiger partial charge in [0.25, 0.3) is 5.56 Å². The van der Waals surface area contributed by atoms with Crippen molar-refractivity contribution in [3.63, 3.8) is 0 Å². The predicted molar refractivity (Wildman–Crippen MR) is 106 cm³/mol. The summed E-state index contributed by atoms with van der Waals surface area (Å²) in [6, 6.07) is 0. The summed E-state index contributed by atoms with van der Waals surface area (Å²) in [5, 5.41) is 10.2. The highest BCUT2D eigenvalue weighted by Gasteiger charge is 2.17. The van der Waals surface area contributed by atoms with Gasteiger partial charge in [0, 0.05) is 19.3 Å². The maximum absolute atomic E-state index is 12.3. The van der Waals surface area contributed by atoms with Crippen molar-refractivity contribution < 1.29 is 5.11 Å². The Hall–Kier alpha value is -1.54. The first kappa shape index (κ1) is 20.8. The number of hydrogen-bond donors (Lipinski definition) is 2. The second kappa shape index (κ2) is 9.97. The van der Waals surface area contributed by atoms with E-state index in [1.807, 2.05) is 4.57 Å². The van der Waals surface area contributed by atoms with E-state index in [9.17, 15) is 14.7 Å². The molecule has 2 aromatic heterocycles. The van der Waals surface area contributed by atoms with Gasteiger partial charge in [-0.2, -0.15) is 0 Å². The molecule has 0 bridgehead atoms. The van der Waals surface area contributed by atoms with Crippen molar-refractivity contribution in [2.75, 3.05) is 5.75 Å². The second-order valence-electron chi connectivity index (χ2n) is 6.82. The molecule has 0 fully saturated rings. The largest absolute Gasteiger partial charge is 0.393 e. The van der Waals surface area contributed by atoms with E-state index in [4.69, 9.17) is 0 Å². The minimum atomic E-state index is -0.464. The molecule has 0 saturated carbocycles. The first-order chi connectivity index (χ1) is 12.5. The number of H-pyrrole nitrogens is 1. The third-order valence-electron chi connectivity index (χ3n) is 4.41. The lowest BCUT2D eigenvalue weighted by molar-refractivity contribution is 0.220. The Labute approximate surface area is 157 Å². The molecule has 2 heterocycles. The number of aliphatic hydroxyl groups is 1. The molecule has 146 valence electrons. The molecule has 0 saturated heterocycles. The molecule has 0 aliphatic heterocycles. The number of rotatable bonds is 11. The van der Waals surface area contributed by atoms with Crippen LogP contribution in [0.1, 0.15) is 58.8 Å². The predicted octanol–water partition coefficient (Wildman–Crippen LogP) is 2.65. The quantitative estimate of drug-likeness (QED) is 0.460. The molecule has 0 aliphatic rings. The van der Waals surface area contributed by atoms with Gasteiger partial charge in [0.15, 0.2) is 16.3 Å². The van der Waals surface area contributed by atoms with Gasteiger partial charge in [-0.15, -0.1) is 0 Å². The number of unbranched alkanes of at least 4 members (excludes halogenated alkanes) is 6. The first-order valence-electron chi connectivity index (χ1n) is 9.46. The van der Waals surface area contributed by atoms with Crippen molar-refractivity contribution in [3.05, 3.63) is 20.8 Å². The maximum Gasteiger partial charge on any atom is 0.329 e. The molecule has 0 unspecified atom stereocenters. The van der Waals surface area contributed by atoms with Crippen molar-refractivity contribution in [3.8, 4) is 0 Å². The molecule has 2 aromatic rings. The van der Waals surface area contributed by atoms with Gasteiger partial charge in [-0.05, 0) is 13.3 Å². The smallest absolute Gasteiger partial charge is 0.329 e. The summed E-state index contributed by atoms with van der Waals surface area (Å²) in [7, 11) is 1.61. The molecular formula is C18H30N4O3S. The number of aryl methyl sites for hydroxylation is 2. The number of nitrogens with zero attached hydrogens (tertiary/aromatic N) is 3. The molecule has 0 spiro atoms. The van der Waals surface area contributed by atoms with Crippen molar-refractivity contribution in [1.29, 1.82) is 0 Å². The molecule has 0 aliphatic carbocycles. The minimum absolute atomic E-state index is 0.398. The van der Waals surface area contributed by atoms with Crippen LogP contribution < -0.4 is 11.2 Å². The molecule has 2 rings (SSSR count). The highest BCUT2D eigenvalue weighted by atomic mass is 32.2. The van der Waals surface area contributed by atoms with Gasteiger partial charge in [-0.25, -0.2) is 9.78 Å². The van der Waals surface area contributed by atoms with Gasteiger partial charge in [0.2, 0.25) is 0 Å². The number of thioether (sulfide) groups is 1. The number of hydrogen-bond acceptors (Lipinski definition) is 5. The molecule has 0 aromatic carbocycles. The zero-order valence-corrected chi connectivity index (χ0v) is 16.8. The topological polar surface area (TPSA) is 92.9 Å². The van der Waals surface area contributed by atoms with E-state index >= 15 is 0 Å². The number of aromatic amines is 1. The van der Waals surface area contributed by atoms with E-state index in [-0.39, 0.29) is 0 Å². The number of aromatic nitrogens is 4. The van der Waals surface area contributed by atoms with Crippen LogP contribution in [0.15, 0.2) is 14.7 Å². The fourth-order valence-electron chi connectivity index (χ4n) is 2.95. The third kappa shape index (κ3) is 5.23. The van der Waals surface area contributed by atoms with Crippen LogP contribution >= 0.6 is 11.8 Å². The van der Waals surface area contributed by atoms with Crippen molar-refractivity contribution >= 4 is 22.9 Å². The summed E-state index contributed by atoms with van der Waals surface area (Å²) in [5.74, 6) is 0.492. The average molecular weight is 383 g/mol. The van der Waals surface area contributed by atoms with Gasteiger partial charge < -0.3 is 9.67 Å². The van der Waals surface area contributed by atoms with Crippen LogP contribution in [0.5, 0.6) is 0 Å². The van der Waals surface area contributed by atoms with Crippen molar-refractivity contribution in [2.24, 2.45) is 7.05 Å². The molecule has 7 nitrogen and oxygen atoms in total. The summed E-state index contributed by atoms with van der Waals surface area (Å²) in [6.07, 6.45) is 7.85. The number of aliphatic hydroxyl groups excluding tert-OH is 1.